The number of rotatable bonds is 8. The van der Waals surface area contributed by atoms with Gasteiger partial charge in [-0.2, -0.15) is 0 Å². The zero-order valence-electron chi connectivity index (χ0n) is 12.2. The normalized spacial score (nSPS) is 29.1. The molecule has 0 aromatic heterocycles. The summed E-state index contributed by atoms with van der Waals surface area (Å²) in [6.07, 6.45) is 2.19. The van der Waals surface area contributed by atoms with E-state index >= 15 is 0 Å². The van der Waals surface area contributed by atoms with E-state index in [9.17, 15) is 5.11 Å². The number of hydrogen-bond donors (Lipinski definition) is 1. The summed E-state index contributed by atoms with van der Waals surface area (Å²) >= 11 is 0. The van der Waals surface area contributed by atoms with E-state index in [0.717, 1.165) is 12.8 Å². The van der Waals surface area contributed by atoms with Crippen LogP contribution in [0.3, 0.4) is 0 Å². The molecule has 0 aromatic carbocycles. The third kappa shape index (κ3) is 4.65. The van der Waals surface area contributed by atoms with Gasteiger partial charge in [0.15, 0.2) is 5.79 Å². The second-order valence-corrected chi connectivity index (χ2v) is 5.29. The van der Waals surface area contributed by atoms with Crippen LogP contribution in [0.1, 0.15) is 25.7 Å². The van der Waals surface area contributed by atoms with Gasteiger partial charge in [0.05, 0.1) is 38.6 Å². The van der Waals surface area contributed by atoms with Gasteiger partial charge in [-0.3, -0.25) is 0 Å². The van der Waals surface area contributed by atoms with Crippen LogP contribution in [-0.4, -0.2) is 69.9 Å². The summed E-state index contributed by atoms with van der Waals surface area (Å²) in [7, 11) is 1.65. The molecule has 1 N–H and O–H groups in total. The van der Waals surface area contributed by atoms with E-state index in [1.54, 1.807) is 7.11 Å². The molecule has 2 unspecified atom stereocenters. The fourth-order valence-electron chi connectivity index (χ4n) is 2.67. The fourth-order valence-corrected chi connectivity index (χ4v) is 2.67. The lowest BCUT2D eigenvalue weighted by Crippen LogP contribution is -2.46. The van der Waals surface area contributed by atoms with Crippen LogP contribution in [0, 0.1) is 0 Å². The highest BCUT2D eigenvalue weighted by atomic mass is 16.7. The SMILES string of the molecule is COCCOCCCOC1CC2(CCC1O)OCCO2. The van der Waals surface area contributed by atoms with E-state index in [2.05, 4.69) is 0 Å². The maximum Gasteiger partial charge on any atom is 0.171 e. The molecule has 6 heteroatoms. The molecule has 2 aliphatic rings. The number of ether oxygens (including phenoxy) is 5. The number of hydrogen-bond acceptors (Lipinski definition) is 6. The van der Waals surface area contributed by atoms with Crippen molar-refractivity contribution in [2.24, 2.45) is 0 Å². The van der Waals surface area contributed by atoms with Gasteiger partial charge >= 0.3 is 0 Å². The molecule has 0 radical (unpaired) electrons. The lowest BCUT2D eigenvalue weighted by molar-refractivity contribution is -0.221. The first-order valence-electron chi connectivity index (χ1n) is 7.40. The largest absolute Gasteiger partial charge is 0.390 e. The van der Waals surface area contributed by atoms with Crippen LogP contribution in [0.5, 0.6) is 0 Å². The predicted octanol–water partition coefficient (Wildman–Crippen LogP) is 0.713. The Morgan fingerprint density at radius 1 is 1.15 bits per heavy atom. The summed E-state index contributed by atoms with van der Waals surface area (Å²) in [6.45, 7) is 3.70. The van der Waals surface area contributed by atoms with E-state index in [1.807, 2.05) is 0 Å². The van der Waals surface area contributed by atoms with Gasteiger partial charge in [-0.25, -0.2) is 0 Å². The van der Waals surface area contributed by atoms with E-state index < -0.39 is 11.9 Å². The molecule has 1 spiro atoms. The van der Waals surface area contributed by atoms with Crippen LogP contribution < -0.4 is 0 Å². The minimum absolute atomic E-state index is 0.208. The van der Waals surface area contributed by atoms with Crippen molar-refractivity contribution >= 4 is 0 Å². The third-order valence-electron chi connectivity index (χ3n) is 3.77. The van der Waals surface area contributed by atoms with Crippen molar-refractivity contribution in [2.75, 3.05) is 46.8 Å². The van der Waals surface area contributed by atoms with E-state index in [4.69, 9.17) is 23.7 Å². The summed E-state index contributed by atoms with van der Waals surface area (Å²) in [5.74, 6) is -0.515. The van der Waals surface area contributed by atoms with Crippen LogP contribution in [0.15, 0.2) is 0 Å². The van der Waals surface area contributed by atoms with Crippen molar-refractivity contribution < 1.29 is 28.8 Å². The van der Waals surface area contributed by atoms with Gasteiger partial charge in [0.2, 0.25) is 0 Å². The molecule has 0 bridgehead atoms. The summed E-state index contributed by atoms with van der Waals surface area (Å²) in [6, 6.07) is 0. The Bertz CT molecular complexity index is 266. The van der Waals surface area contributed by atoms with Gasteiger partial charge < -0.3 is 28.8 Å². The van der Waals surface area contributed by atoms with Crippen LogP contribution >= 0.6 is 0 Å². The van der Waals surface area contributed by atoms with Crippen molar-refractivity contribution in [3.05, 3.63) is 0 Å². The summed E-state index contributed by atoms with van der Waals surface area (Å²) < 4.78 is 27.4. The number of aliphatic hydroxyl groups is 1. The van der Waals surface area contributed by atoms with Crippen molar-refractivity contribution in [1.82, 2.24) is 0 Å². The predicted molar refractivity (Wildman–Crippen MR) is 71.5 cm³/mol. The van der Waals surface area contributed by atoms with Gasteiger partial charge in [0, 0.05) is 33.2 Å². The van der Waals surface area contributed by atoms with Gasteiger partial charge in [-0.05, 0) is 12.8 Å². The molecule has 0 aromatic rings. The second kappa shape index (κ2) is 8.26. The highest BCUT2D eigenvalue weighted by Crippen LogP contribution is 2.37. The van der Waals surface area contributed by atoms with Crippen molar-refractivity contribution in [3.63, 3.8) is 0 Å². The van der Waals surface area contributed by atoms with Gasteiger partial charge in [-0.15, -0.1) is 0 Å². The monoisotopic (exact) mass is 290 g/mol. The minimum atomic E-state index is -0.515. The van der Waals surface area contributed by atoms with Crippen LogP contribution in [0.2, 0.25) is 0 Å². The Labute approximate surface area is 120 Å². The first-order valence-corrected chi connectivity index (χ1v) is 7.40. The van der Waals surface area contributed by atoms with E-state index in [-0.39, 0.29) is 6.10 Å². The smallest absolute Gasteiger partial charge is 0.171 e. The Hall–Kier alpha value is -0.240. The summed E-state index contributed by atoms with van der Waals surface area (Å²) in [4.78, 5) is 0. The average Bonchev–Trinajstić information content (AvgIpc) is 2.90. The van der Waals surface area contributed by atoms with Crippen molar-refractivity contribution in [2.45, 2.75) is 43.7 Å². The fraction of sp³-hybridized carbons (Fsp3) is 1.00. The molecule has 2 fully saturated rings. The topological polar surface area (TPSA) is 66.4 Å². The van der Waals surface area contributed by atoms with Crippen molar-refractivity contribution in [1.29, 1.82) is 0 Å². The molecular weight excluding hydrogens is 264 g/mol. The highest BCUT2D eigenvalue weighted by molar-refractivity contribution is 4.88. The lowest BCUT2D eigenvalue weighted by atomic mass is 9.89. The molecule has 1 saturated carbocycles. The van der Waals surface area contributed by atoms with Gasteiger partial charge in [-0.1, -0.05) is 0 Å². The molecule has 1 heterocycles. The Morgan fingerprint density at radius 2 is 1.95 bits per heavy atom. The summed E-state index contributed by atoms with van der Waals surface area (Å²) in [5.41, 5.74) is 0. The molecule has 1 aliphatic carbocycles. The quantitative estimate of drug-likeness (QED) is 0.664. The Balaban J connectivity index is 1.61. The standard InChI is InChI=1S/C14H26O6/c1-16-7-8-17-5-2-6-18-13-11-14(4-3-12(13)15)19-9-10-20-14/h12-13,15H,2-11H2,1H3. The highest BCUT2D eigenvalue weighted by Gasteiger charge is 2.45. The van der Waals surface area contributed by atoms with Gasteiger partial charge in [0.1, 0.15) is 0 Å². The molecule has 118 valence electrons. The zero-order valence-corrected chi connectivity index (χ0v) is 12.2. The molecule has 20 heavy (non-hydrogen) atoms. The van der Waals surface area contributed by atoms with Crippen LogP contribution in [0.4, 0.5) is 0 Å². The van der Waals surface area contributed by atoms with Crippen molar-refractivity contribution in [3.8, 4) is 0 Å². The molecule has 6 nitrogen and oxygen atoms in total. The first-order chi connectivity index (χ1) is 9.76. The second-order valence-electron chi connectivity index (χ2n) is 5.29. The number of aliphatic hydroxyl groups excluding tert-OH is 1. The zero-order chi connectivity index (χ0) is 14.3. The molecule has 2 rings (SSSR count). The molecule has 0 amide bonds. The first kappa shape index (κ1) is 16.1. The lowest BCUT2D eigenvalue weighted by Gasteiger charge is -2.38. The molecule has 1 aliphatic heterocycles. The maximum absolute atomic E-state index is 10.0. The number of methoxy groups -OCH3 is 1. The Kier molecular flexibility index (Phi) is 6.67. The van der Waals surface area contributed by atoms with E-state index in [0.29, 0.717) is 52.5 Å². The Morgan fingerprint density at radius 3 is 2.70 bits per heavy atom. The van der Waals surface area contributed by atoms with Crippen LogP contribution in [-0.2, 0) is 23.7 Å². The molecule has 1 saturated heterocycles. The molecular formula is C14H26O6. The minimum Gasteiger partial charge on any atom is -0.390 e. The van der Waals surface area contributed by atoms with Gasteiger partial charge in [0.25, 0.3) is 0 Å². The third-order valence-corrected chi connectivity index (χ3v) is 3.77. The van der Waals surface area contributed by atoms with Crippen LogP contribution in [0.25, 0.3) is 0 Å². The van der Waals surface area contributed by atoms with E-state index in [1.165, 1.54) is 0 Å². The maximum atomic E-state index is 10.0. The molecule has 2 atom stereocenters. The average molecular weight is 290 g/mol. The summed E-state index contributed by atoms with van der Waals surface area (Å²) in [5, 5.41) is 10.0.